The Kier molecular flexibility index (Phi) is 10.2. The quantitative estimate of drug-likeness (QED) is 0.326. The Bertz CT molecular complexity index is 815. The van der Waals surface area contributed by atoms with E-state index in [9.17, 15) is 0 Å². The lowest BCUT2D eigenvalue weighted by Gasteiger charge is -2.20. The van der Waals surface area contributed by atoms with Crippen LogP contribution in [0.1, 0.15) is 65.1 Å². The van der Waals surface area contributed by atoms with E-state index in [1.165, 1.54) is 0 Å². The first kappa shape index (κ1) is 26.8. The summed E-state index contributed by atoms with van der Waals surface area (Å²) in [5, 5.41) is 0. The first-order valence-electron chi connectivity index (χ1n) is 12.5. The Morgan fingerprint density at radius 3 is 1.31 bits per heavy atom. The third-order valence-electron chi connectivity index (χ3n) is 5.19. The lowest BCUT2D eigenvalue weighted by atomic mass is 10.1. The summed E-state index contributed by atoms with van der Waals surface area (Å²) in [5.74, 6) is 3.64. The second kappa shape index (κ2) is 13.3. The van der Waals surface area contributed by atoms with Gasteiger partial charge in [-0.25, -0.2) is 0 Å². The molecule has 194 valence electrons. The summed E-state index contributed by atoms with van der Waals surface area (Å²) in [6, 6.07) is 7.64. The molecule has 0 aliphatic carbocycles. The molecule has 1 fully saturated rings. The zero-order chi connectivity index (χ0) is 25.2. The van der Waals surface area contributed by atoms with Crippen LogP contribution in [0.5, 0.6) is 34.5 Å². The van der Waals surface area contributed by atoms with E-state index in [1.807, 2.05) is 65.8 Å². The molecule has 1 heterocycles. The van der Waals surface area contributed by atoms with Crippen LogP contribution in [-0.2, 0) is 9.47 Å². The molecule has 0 saturated carbocycles. The Labute approximate surface area is 208 Å². The summed E-state index contributed by atoms with van der Waals surface area (Å²) >= 11 is 0. The molecule has 2 atom stereocenters. The average molecular weight is 491 g/mol. The van der Waals surface area contributed by atoms with Gasteiger partial charge in [0.15, 0.2) is 29.3 Å². The predicted molar refractivity (Wildman–Crippen MR) is 132 cm³/mol. The first-order valence-corrected chi connectivity index (χ1v) is 12.5. The van der Waals surface area contributed by atoms with E-state index >= 15 is 0 Å². The molecule has 8 heteroatoms. The SMILES string of the molecule is CCOc1cc([C@@H]2OC[C@@H](c3cc(OCC)c(OCC)c(OCC)c3)O2)cc(OCC)c1OCC. The molecule has 2 aromatic carbocycles. The van der Waals surface area contributed by atoms with Crippen LogP contribution in [0.4, 0.5) is 0 Å². The molecule has 0 N–H and O–H groups in total. The molecule has 0 aromatic heterocycles. The van der Waals surface area contributed by atoms with Gasteiger partial charge in [-0.3, -0.25) is 0 Å². The maximum Gasteiger partial charge on any atom is 0.203 e. The molecule has 0 radical (unpaired) electrons. The summed E-state index contributed by atoms with van der Waals surface area (Å²) < 4.78 is 47.5. The van der Waals surface area contributed by atoms with Crippen molar-refractivity contribution in [2.45, 2.75) is 53.9 Å². The van der Waals surface area contributed by atoms with Crippen LogP contribution < -0.4 is 28.4 Å². The van der Waals surface area contributed by atoms with E-state index < -0.39 is 6.29 Å². The highest BCUT2D eigenvalue weighted by atomic mass is 16.7. The van der Waals surface area contributed by atoms with Crippen LogP contribution in [0.2, 0.25) is 0 Å². The summed E-state index contributed by atoms with van der Waals surface area (Å²) in [7, 11) is 0. The number of hydrogen-bond donors (Lipinski definition) is 0. The van der Waals surface area contributed by atoms with E-state index in [0.29, 0.717) is 80.7 Å². The first-order chi connectivity index (χ1) is 17.1. The van der Waals surface area contributed by atoms with Crippen molar-refractivity contribution in [2.75, 3.05) is 46.2 Å². The van der Waals surface area contributed by atoms with E-state index in [0.717, 1.165) is 11.1 Å². The molecule has 0 bridgehead atoms. The average Bonchev–Trinajstić information content (AvgIpc) is 3.34. The van der Waals surface area contributed by atoms with Gasteiger partial charge in [-0.1, -0.05) is 0 Å². The van der Waals surface area contributed by atoms with Gasteiger partial charge in [0, 0.05) is 5.56 Å². The Balaban J connectivity index is 1.92. The fraction of sp³-hybridized carbons (Fsp3) is 0.556. The number of ether oxygens (including phenoxy) is 8. The Morgan fingerprint density at radius 2 is 0.943 bits per heavy atom. The lowest BCUT2D eigenvalue weighted by Crippen LogP contribution is -2.07. The summed E-state index contributed by atoms with van der Waals surface area (Å²) in [5.41, 5.74) is 1.69. The smallest absolute Gasteiger partial charge is 0.203 e. The minimum Gasteiger partial charge on any atom is -0.490 e. The summed E-state index contributed by atoms with van der Waals surface area (Å²) in [4.78, 5) is 0. The standard InChI is InChI=1S/C27H38O8/c1-7-28-20-13-18(14-21(29-8-2)25(20)32-11-5)24-17-34-27(35-24)19-15-22(30-9-3)26(33-12-6)23(16-19)31-10-4/h13-16,24,27H,7-12,17H2,1-6H3/t24-,27+/m0/s1. The van der Waals surface area contributed by atoms with Gasteiger partial charge in [-0.05, 0) is 71.4 Å². The van der Waals surface area contributed by atoms with Gasteiger partial charge in [0.25, 0.3) is 0 Å². The van der Waals surface area contributed by atoms with Gasteiger partial charge < -0.3 is 37.9 Å². The van der Waals surface area contributed by atoms with Crippen LogP contribution in [0.3, 0.4) is 0 Å². The van der Waals surface area contributed by atoms with Crippen LogP contribution in [0, 0.1) is 0 Å². The maximum atomic E-state index is 6.34. The van der Waals surface area contributed by atoms with Crippen LogP contribution in [0.15, 0.2) is 24.3 Å². The van der Waals surface area contributed by atoms with Gasteiger partial charge in [0.2, 0.25) is 11.5 Å². The minimum absolute atomic E-state index is 0.313. The molecule has 0 amide bonds. The van der Waals surface area contributed by atoms with Crippen LogP contribution in [-0.4, -0.2) is 46.2 Å². The van der Waals surface area contributed by atoms with Gasteiger partial charge >= 0.3 is 0 Å². The normalized spacial score (nSPS) is 17.2. The topological polar surface area (TPSA) is 73.8 Å². The van der Waals surface area contributed by atoms with Crippen molar-refractivity contribution in [3.63, 3.8) is 0 Å². The third-order valence-corrected chi connectivity index (χ3v) is 5.19. The highest BCUT2D eigenvalue weighted by Gasteiger charge is 2.32. The lowest BCUT2D eigenvalue weighted by molar-refractivity contribution is -0.0610. The van der Waals surface area contributed by atoms with Crippen molar-refractivity contribution in [3.05, 3.63) is 35.4 Å². The van der Waals surface area contributed by atoms with Gasteiger partial charge in [-0.2, -0.15) is 0 Å². The van der Waals surface area contributed by atoms with E-state index in [2.05, 4.69) is 0 Å². The van der Waals surface area contributed by atoms with E-state index in [-0.39, 0.29) is 6.10 Å². The van der Waals surface area contributed by atoms with Crippen LogP contribution in [0.25, 0.3) is 0 Å². The van der Waals surface area contributed by atoms with Crippen molar-refractivity contribution in [1.82, 2.24) is 0 Å². The summed E-state index contributed by atoms with van der Waals surface area (Å²) in [6.45, 7) is 15.0. The predicted octanol–water partition coefficient (Wildman–Crippen LogP) is 5.87. The molecule has 1 aliphatic rings. The number of hydrogen-bond acceptors (Lipinski definition) is 8. The van der Waals surface area contributed by atoms with E-state index in [1.54, 1.807) is 0 Å². The molecular weight excluding hydrogens is 452 g/mol. The van der Waals surface area contributed by atoms with Gasteiger partial charge in [-0.15, -0.1) is 0 Å². The largest absolute Gasteiger partial charge is 0.490 e. The van der Waals surface area contributed by atoms with Crippen molar-refractivity contribution >= 4 is 0 Å². The Morgan fingerprint density at radius 1 is 0.571 bits per heavy atom. The number of rotatable bonds is 14. The minimum atomic E-state index is -0.591. The van der Waals surface area contributed by atoms with Crippen molar-refractivity contribution in [1.29, 1.82) is 0 Å². The second-order valence-corrected chi connectivity index (χ2v) is 7.58. The molecular formula is C27H38O8. The molecule has 2 aromatic rings. The molecule has 0 unspecified atom stereocenters. The highest BCUT2D eigenvalue weighted by molar-refractivity contribution is 5.55. The molecule has 3 rings (SSSR count). The van der Waals surface area contributed by atoms with Crippen LogP contribution >= 0.6 is 0 Å². The molecule has 8 nitrogen and oxygen atoms in total. The fourth-order valence-electron chi connectivity index (χ4n) is 3.89. The monoisotopic (exact) mass is 490 g/mol. The molecule has 35 heavy (non-hydrogen) atoms. The highest BCUT2D eigenvalue weighted by Crippen LogP contribution is 2.46. The van der Waals surface area contributed by atoms with Crippen molar-refractivity contribution in [3.8, 4) is 34.5 Å². The van der Waals surface area contributed by atoms with Crippen molar-refractivity contribution < 1.29 is 37.9 Å². The fourth-order valence-corrected chi connectivity index (χ4v) is 3.89. The second-order valence-electron chi connectivity index (χ2n) is 7.58. The summed E-state index contributed by atoms with van der Waals surface area (Å²) in [6.07, 6.45) is -0.904. The van der Waals surface area contributed by atoms with Gasteiger partial charge in [0.05, 0.1) is 46.2 Å². The maximum absolute atomic E-state index is 6.34. The zero-order valence-electron chi connectivity index (χ0n) is 21.7. The zero-order valence-corrected chi connectivity index (χ0v) is 21.7. The number of benzene rings is 2. The third kappa shape index (κ3) is 6.44. The van der Waals surface area contributed by atoms with Gasteiger partial charge in [0.1, 0.15) is 6.10 Å². The van der Waals surface area contributed by atoms with E-state index in [4.69, 9.17) is 37.9 Å². The molecule has 0 spiro atoms. The Hall–Kier alpha value is -2.84. The van der Waals surface area contributed by atoms with Crippen molar-refractivity contribution in [2.24, 2.45) is 0 Å². The molecule has 1 saturated heterocycles. The molecule has 1 aliphatic heterocycles.